The van der Waals surface area contributed by atoms with Crippen molar-refractivity contribution in [2.24, 2.45) is 51.8 Å². The quantitative estimate of drug-likeness (QED) is 0.263. The molecule has 0 spiro atoms. The van der Waals surface area contributed by atoms with E-state index in [1.165, 1.54) is 101 Å². The number of allylic oxidation sites excluding steroid dienone is 5. The Morgan fingerprint density at radius 1 is 1.02 bits per heavy atom. The van der Waals surface area contributed by atoms with Crippen LogP contribution in [0.4, 0.5) is 0 Å². The summed E-state index contributed by atoms with van der Waals surface area (Å²) in [6.07, 6.45) is 22.0. The molecule has 0 radical (unpaired) electrons. The van der Waals surface area contributed by atoms with Crippen LogP contribution in [0.3, 0.4) is 0 Å². The van der Waals surface area contributed by atoms with Gasteiger partial charge in [0.05, 0.1) is 5.92 Å². The van der Waals surface area contributed by atoms with Gasteiger partial charge in [-0.1, -0.05) is 65.3 Å². The Labute approximate surface area is 297 Å². The minimum atomic E-state index is -0.625. The number of carbonyl (C=O) groups is 1. The molecule has 0 aromatic rings. The van der Waals surface area contributed by atoms with E-state index in [-0.39, 0.29) is 16.9 Å². The van der Waals surface area contributed by atoms with Crippen LogP contribution in [-0.2, 0) is 4.79 Å². The fourth-order valence-electron chi connectivity index (χ4n) is 13.7. The Morgan fingerprint density at radius 3 is 2.48 bits per heavy atom. The van der Waals surface area contributed by atoms with Gasteiger partial charge < -0.3 is 10.4 Å². The summed E-state index contributed by atoms with van der Waals surface area (Å²) in [5.41, 5.74) is 5.51. The van der Waals surface area contributed by atoms with E-state index in [0.29, 0.717) is 35.0 Å². The molecule has 0 aromatic carbocycles. The van der Waals surface area contributed by atoms with Crippen molar-refractivity contribution in [3.63, 3.8) is 0 Å². The number of nitrogens with zero attached hydrogens (tertiary/aromatic N) is 1. The molecule has 7 aliphatic rings. The summed E-state index contributed by atoms with van der Waals surface area (Å²) in [6.45, 7) is 23.7. The van der Waals surface area contributed by atoms with Gasteiger partial charge in [0.15, 0.2) is 0 Å². The molecule has 2 N–H and O–H groups in total. The molecule has 5 heteroatoms. The molecule has 0 amide bonds. The molecule has 5 fully saturated rings. The van der Waals surface area contributed by atoms with Gasteiger partial charge in [0.1, 0.15) is 0 Å². The largest absolute Gasteiger partial charge is 0.481 e. The summed E-state index contributed by atoms with van der Waals surface area (Å²) < 4.78 is 0. The Balaban J connectivity index is 1.12. The zero-order valence-corrected chi connectivity index (χ0v) is 32.2. The van der Waals surface area contributed by atoms with E-state index in [9.17, 15) is 9.90 Å². The van der Waals surface area contributed by atoms with Crippen molar-refractivity contribution >= 4 is 17.7 Å². The molecule has 11 unspecified atom stereocenters. The Morgan fingerprint density at radius 2 is 1.81 bits per heavy atom. The van der Waals surface area contributed by atoms with Gasteiger partial charge in [-0.05, 0) is 147 Å². The lowest BCUT2D eigenvalue weighted by atomic mass is 9.40. The SMILES string of the molecule is C=C(C)C1CCC2(NCCN3CC4CC3CS4)CCC(C)C3(C)CCC4C(C)(C)C(C5=CCC(C(=O)O)CC5)=CCC4(C)C3CCCC12. The van der Waals surface area contributed by atoms with Gasteiger partial charge >= 0.3 is 5.97 Å². The van der Waals surface area contributed by atoms with E-state index in [0.717, 1.165) is 42.5 Å². The summed E-state index contributed by atoms with van der Waals surface area (Å²) in [7, 11) is 0. The molecular formula is C43H68N2O2S. The van der Waals surface area contributed by atoms with Gasteiger partial charge in [-0.25, -0.2) is 0 Å². The number of hydrogen-bond donors (Lipinski definition) is 2. The van der Waals surface area contributed by atoms with Crippen molar-refractivity contribution in [1.29, 1.82) is 0 Å². The van der Waals surface area contributed by atoms with Crippen LogP contribution in [0.1, 0.15) is 131 Å². The zero-order valence-electron chi connectivity index (χ0n) is 31.4. The lowest BCUT2D eigenvalue weighted by Crippen LogP contribution is -2.57. The van der Waals surface area contributed by atoms with Crippen LogP contribution in [0.2, 0.25) is 0 Å². The van der Waals surface area contributed by atoms with E-state index < -0.39 is 5.97 Å². The number of rotatable bonds is 7. The van der Waals surface area contributed by atoms with Crippen LogP contribution in [0.15, 0.2) is 35.5 Å². The normalized spacial score (nSPS) is 45.8. The second-order valence-corrected chi connectivity index (χ2v) is 20.5. The van der Waals surface area contributed by atoms with Gasteiger partial charge in [-0.2, -0.15) is 11.8 Å². The average Bonchev–Trinajstić information content (AvgIpc) is 3.76. The predicted octanol–water partition coefficient (Wildman–Crippen LogP) is 9.91. The van der Waals surface area contributed by atoms with Gasteiger partial charge in [0, 0.05) is 42.2 Å². The van der Waals surface area contributed by atoms with Crippen molar-refractivity contribution < 1.29 is 9.90 Å². The molecule has 4 nitrogen and oxygen atoms in total. The number of aliphatic carboxylic acids is 1. The lowest BCUT2D eigenvalue weighted by molar-refractivity contribution is -0.141. The second-order valence-electron chi connectivity index (χ2n) is 19.1. The van der Waals surface area contributed by atoms with Crippen LogP contribution >= 0.6 is 11.8 Å². The van der Waals surface area contributed by atoms with Crippen LogP contribution in [0.25, 0.3) is 0 Å². The van der Waals surface area contributed by atoms with Crippen LogP contribution in [0.5, 0.6) is 0 Å². The third-order valence-electron chi connectivity index (χ3n) is 16.6. The molecule has 5 aliphatic carbocycles. The number of carboxylic acid groups (broad SMARTS) is 1. The predicted molar refractivity (Wildman–Crippen MR) is 202 cm³/mol. The monoisotopic (exact) mass is 677 g/mol. The first-order chi connectivity index (χ1) is 22.8. The van der Waals surface area contributed by atoms with E-state index >= 15 is 0 Å². The summed E-state index contributed by atoms with van der Waals surface area (Å²) >= 11 is 2.21. The molecule has 268 valence electrons. The third-order valence-corrected chi connectivity index (χ3v) is 17.9. The smallest absolute Gasteiger partial charge is 0.306 e. The van der Waals surface area contributed by atoms with E-state index in [4.69, 9.17) is 0 Å². The summed E-state index contributed by atoms with van der Waals surface area (Å²) in [6, 6.07) is 0.832. The van der Waals surface area contributed by atoms with Crippen molar-refractivity contribution in [3.05, 3.63) is 35.5 Å². The minimum absolute atomic E-state index is 0.123. The highest BCUT2D eigenvalue weighted by atomic mass is 32.2. The highest BCUT2D eigenvalue weighted by Crippen LogP contribution is 2.68. The van der Waals surface area contributed by atoms with Crippen molar-refractivity contribution in [2.75, 3.05) is 25.4 Å². The summed E-state index contributed by atoms with van der Waals surface area (Å²) in [4.78, 5) is 14.5. The van der Waals surface area contributed by atoms with E-state index in [1.54, 1.807) is 5.57 Å². The van der Waals surface area contributed by atoms with Gasteiger partial charge in [0.2, 0.25) is 0 Å². The van der Waals surface area contributed by atoms with Gasteiger partial charge in [0.25, 0.3) is 0 Å². The molecule has 2 bridgehead atoms. The second kappa shape index (κ2) is 13.2. The van der Waals surface area contributed by atoms with Gasteiger partial charge in [-0.15, -0.1) is 0 Å². The number of fused-ring (bicyclic) bond motifs is 6. The number of nitrogens with one attached hydrogen (secondary N) is 1. The molecule has 2 heterocycles. The number of thioether (sulfide) groups is 1. The Kier molecular flexibility index (Phi) is 9.71. The minimum Gasteiger partial charge on any atom is -0.481 e. The van der Waals surface area contributed by atoms with Crippen LogP contribution in [-0.4, -0.2) is 58.2 Å². The zero-order chi connectivity index (χ0) is 34.1. The molecular weight excluding hydrogens is 609 g/mol. The maximum Gasteiger partial charge on any atom is 0.306 e. The molecule has 3 saturated carbocycles. The fraction of sp³-hybridized carbons (Fsp3) is 0.837. The molecule has 2 saturated heterocycles. The van der Waals surface area contributed by atoms with E-state index in [2.05, 4.69) is 82.3 Å². The molecule has 11 atom stereocenters. The highest BCUT2D eigenvalue weighted by molar-refractivity contribution is 8.00. The number of likely N-dealkylation sites (tertiary alicyclic amines) is 1. The van der Waals surface area contributed by atoms with E-state index in [1.807, 2.05) is 0 Å². The first-order valence-electron chi connectivity index (χ1n) is 20.2. The fourth-order valence-corrected chi connectivity index (χ4v) is 15.2. The molecule has 7 rings (SSSR count). The third kappa shape index (κ3) is 5.94. The highest BCUT2D eigenvalue weighted by Gasteiger charge is 2.60. The summed E-state index contributed by atoms with van der Waals surface area (Å²) in [5, 5.41) is 14.9. The summed E-state index contributed by atoms with van der Waals surface area (Å²) in [5.74, 6) is 4.03. The van der Waals surface area contributed by atoms with Gasteiger partial charge in [-0.3, -0.25) is 9.69 Å². The first-order valence-corrected chi connectivity index (χ1v) is 21.2. The number of carboxylic acids is 1. The maximum atomic E-state index is 11.7. The van der Waals surface area contributed by atoms with Crippen LogP contribution in [0, 0.1) is 51.8 Å². The standard InChI is InChI=1S/C43H68N2O2S/c1-28(2)34-16-22-43(44-23-24-45-26-33-25-32(45)27-48-33)21-15-29(3)41(6)20-18-37-40(4,5)35(30-11-13-31(14-12-30)39(46)47)17-19-42(37,7)38(41)10-8-9-36(34)43/h11,17,29,31-34,36-38,44H,1,8-10,12-16,18-27H2,2-7H3,(H,46,47). The van der Waals surface area contributed by atoms with Crippen molar-refractivity contribution in [1.82, 2.24) is 10.2 Å². The van der Waals surface area contributed by atoms with Crippen LogP contribution < -0.4 is 5.32 Å². The Hall–Kier alpha value is -1.04. The van der Waals surface area contributed by atoms with Crippen molar-refractivity contribution in [3.8, 4) is 0 Å². The molecule has 0 aromatic heterocycles. The topological polar surface area (TPSA) is 52.6 Å². The number of hydrogen-bond acceptors (Lipinski definition) is 4. The maximum absolute atomic E-state index is 11.7. The molecule has 48 heavy (non-hydrogen) atoms. The molecule has 2 aliphatic heterocycles. The average molecular weight is 677 g/mol. The lowest BCUT2D eigenvalue weighted by Gasteiger charge is -2.64. The first kappa shape index (κ1) is 35.4. The van der Waals surface area contributed by atoms with Crippen molar-refractivity contribution in [2.45, 2.75) is 148 Å². The Bertz CT molecular complexity index is 1320.